The Hall–Kier alpha value is -1.66. The van der Waals surface area contributed by atoms with E-state index in [0.717, 1.165) is 0 Å². The second kappa shape index (κ2) is 3.24. The van der Waals surface area contributed by atoms with Crippen molar-refractivity contribution in [3.05, 3.63) is 29.3 Å². The topological polar surface area (TPSA) is 50.2 Å². The first kappa shape index (κ1) is 10.4. The van der Waals surface area contributed by atoms with Crippen LogP contribution in [0.25, 0.3) is 0 Å². The molecule has 0 aliphatic heterocycles. The maximum Gasteiger partial charge on any atom is 0.434 e. The molecule has 0 fully saturated rings. The van der Waals surface area contributed by atoms with Crippen molar-refractivity contribution in [3.8, 4) is 0 Å². The minimum Gasteiger partial charge on any atom is -0.478 e. The minimum atomic E-state index is -4.98. The second-order valence-electron chi connectivity index (χ2n) is 2.33. The Morgan fingerprint density at radius 1 is 1.36 bits per heavy atom. The summed E-state index contributed by atoms with van der Waals surface area (Å²) in [7, 11) is 0. The fraction of sp³-hybridized carbons (Fsp3) is 0.143. The van der Waals surface area contributed by atoms with Gasteiger partial charge in [0.25, 0.3) is 0 Å². The Balaban J connectivity index is 3.38. The first-order chi connectivity index (χ1) is 6.32. The average Bonchev–Trinajstić information content (AvgIpc) is 2.01. The van der Waals surface area contributed by atoms with Gasteiger partial charge in [-0.15, -0.1) is 0 Å². The van der Waals surface area contributed by atoms with Gasteiger partial charge >= 0.3 is 12.1 Å². The molecular formula is C7H3F4NO2. The SMILES string of the molecule is O=C(O)c1ccc(F)nc1C(F)(F)F. The van der Waals surface area contributed by atoms with Gasteiger partial charge in [-0.2, -0.15) is 17.6 Å². The Morgan fingerprint density at radius 2 is 1.93 bits per heavy atom. The number of hydrogen-bond donors (Lipinski definition) is 1. The summed E-state index contributed by atoms with van der Waals surface area (Å²) in [6, 6.07) is 1.08. The molecule has 0 atom stereocenters. The largest absolute Gasteiger partial charge is 0.478 e. The van der Waals surface area contributed by atoms with Crippen molar-refractivity contribution in [2.24, 2.45) is 0 Å². The molecule has 0 bridgehead atoms. The smallest absolute Gasteiger partial charge is 0.434 e. The maximum atomic E-state index is 12.3. The minimum absolute atomic E-state index is 0.521. The highest BCUT2D eigenvalue weighted by atomic mass is 19.4. The molecule has 0 aliphatic rings. The summed E-state index contributed by atoms with van der Waals surface area (Å²) in [4.78, 5) is 12.8. The Labute approximate surface area is 75.0 Å². The van der Waals surface area contributed by atoms with Crippen molar-refractivity contribution >= 4 is 5.97 Å². The summed E-state index contributed by atoms with van der Waals surface area (Å²) in [5, 5.41) is 8.36. The van der Waals surface area contributed by atoms with Crippen molar-refractivity contribution in [2.75, 3.05) is 0 Å². The fourth-order valence-corrected chi connectivity index (χ4v) is 0.824. The summed E-state index contributed by atoms with van der Waals surface area (Å²) >= 11 is 0. The molecule has 3 nitrogen and oxygen atoms in total. The predicted octanol–water partition coefficient (Wildman–Crippen LogP) is 1.94. The van der Waals surface area contributed by atoms with E-state index in [1.807, 2.05) is 0 Å². The molecule has 0 aromatic carbocycles. The van der Waals surface area contributed by atoms with Crippen LogP contribution >= 0.6 is 0 Å². The van der Waals surface area contributed by atoms with Gasteiger partial charge in [0.15, 0.2) is 5.69 Å². The van der Waals surface area contributed by atoms with E-state index in [0.29, 0.717) is 12.1 Å². The number of pyridine rings is 1. The number of aromatic carboxylic acids is 1. The van der Waals surface area contributed by atoms with Crippen LogP contribution in [-0.4, -0.2) is 16.1 Å². The molecule has 0 aliphatic carbocycles. The van der Waals surface area contributed by atoms with Gasteiger partial charge in [0.2, 0.25) is 5.95 Å². The predicted molar refractivity (Wildman–Crippen MR) is 36.2 cm³/mol. The zero-order chi connectivity index (χ0) is 10.9. The lowest BCUT2D eigenvalue weighted by Crippen LogP contribution is -2.16. The number of carbonyl (C=O) groups is 1. The van der Waals surface area contributed by atoms with Crippen LogP contribution < -0.4 is 0 Å². The van der Waals surface area contributed by atoms with Gasteiger partial charge in [0, 0.05) is 0 Å². The van der Waals surface area contributed by atoms with Crippen LogP contribution in [0.15, 0.2) is 12.1 Å². The molecular weight excluding hydrogens is 206 g/mol. The highest BCUT2D eigenvalue weighted by Gasteiger charge is 2.37. The number of hydrogen-bond acceptors (Lipinski definition) is 2. The number of rotatable bonds is 1. The number of aromatic nitrogens is 1. The van der Waals surface area contributed by atoms with Gasteiger partial charge in [-0.3, -0.25) is 0 Å². The molecule has 0 radical (unpaired) electrons. The number of carboxylic acids is 1. The molecule has 1 rings (SSSR count). The maximum absolute atomic E-state index is 12.3. The molecule has 7 heteroatoms. The van der Waals surface area contributed by atoms with Crippen molar-refractivity contribution < 1.29 is 27.5 Å². The van der Waals surface area contributed by atoms with E-state index < -0.39 is 29.4 Å². The van der Waals surface area contributed by atoms with Crippen molar-refractivity contribution in [2.45, 2.75) is 6.18 Å². The van der Waals surface area contributed by atoms with Gasteiger partial charge in [0.1, 0.15) is 0 Å². The number of halogens is 4. The normalized spacial score (nSPS) is 11.4. The highest BCUT2D eigenvalue weighted by Crippen LogP contribution is 2.30. The third-order valence-corrected chi connectivity index (χ3v) is 1.36. The lowest BCUT2D eigenvalue weighted by molar-refractivity contribution is -0.142. The van der Waals surface area contributed by atoms with E-state index in [1.54, 1.807) is 0 Å². The summed E-state index contributed by atoms with van der Waals surface area (Å²) in [6.45, 7) is 0. The van der Waals surface area contributed by atoms with Gasteiger partial charge < -0.3 is 5.11 Å². The average molecular weight is 209 g/mol. The van der Waals surface area contributed by atoms with E-state index in [-0.39, 0.29) is 0 Å². The zero-order valence-electron chi connectivity index (χ0n) is 6.47. The highest BCUT2D eigenvalue weighted by molar-refractivity contribution is 5.88. The van der Waals surface area contributed by atoms with E-state index in [4.69, 9.17) is 5.11 Å². The lowest BCUT2D eigenvalue weighted by atomic mass is 10.2. The van der Waals surface area contributed by atoms with Crippen LogP contribution in [0.5, 0.6) is 0 Å². The number of carboxylic acid groups (broad SMARTS) is 1. The molecule has 0 saturated carbocycles. The Bertz CT molecular complexity index is 374. The van der Waals surface area contributed by atoms with Crippen LogP contribution in [0.2, 0.25) is 0 Å². The van der Waals surface area contributed by atoms with Crippen molar-refractivity contribution in [1.82, 2.24) is 4.98 Å². The fourth-order valence-electron chi connectivity index (χ4n) is 0.824. The monoisotopic (exact) mass is 209 g/mol. The van der Waals surface area contributed by atoms with Crippen LogP contribution in [0.1, 0.15) is 16.1 Å². The molecule has 1 aromatic rings. The van der Waals surface area contributed by atoms with E-state index >= 15 is 0 Å². The molecule has 0 unspecified atom stereocenters. The van der Waals surface area contributed by atoms with Gasteiger partial charge in [0.05, 0.1) is 5.56 Å². The van der Waals surface area contributed by atoms with E-state index in [1.165, 1.54) is 0 Å². The molecule has 76 valence electrons. The Kier molecular flexibility index (Phi) is 2.41. The number of nitrogens with zero attached hydrogens (tertiary/aromatic N) is 1. The molecule has 0 spiro atoms. The molecule has 0 saturated heterocycles. The lowest BCUT2D eigenvalue weighted by Gasteiger charge is -2.08. The summed E-state index contributed by atoms with van der Waals surface area (Å²) in [6.07, 6.45) is -4.98. The van der Waals surface area contributed by atoms with Crippen LogP contribution in [0.3, 0.4) is 0 Å². The first-order valence-corrected chi connectivity index (χ1v) is 3.29. The summed E-state index contributed by atoms with van der Waals surface area (Å²) in [5.74, 6) is -3.17. The van der Waals surface area contributed by atoms with Crippen LogP contribution in [0, 0.1) is 5.95 Å². The van der Waals surface area contributed by atoms with Gasteiger partial charge in [-0.05, 0) is 12.1 Å². The molecule has 14 heavy (non-hydrogen) atoms. The first-order valence-electron chi connectivity index (χ1n) is 3.29. The second-order valence-corrected chi connectivity index (χ2v) is 2.33. The standard InChI is InChI=1S/C7H3F4NO2/c8-4-2-1-3(6(13)14)5(12-4)7(9,10)11/h1-2H,(H,13,14). The molecule has 0 amide bonds. The molecule has 1 N–H and O–H groups in total. The van der Waals surface area contributed by atoms with Crippen molar-refractivity contribution in [1.29, 1.82) is 0 Å². The summed E-state index contributed by atoms with van der Waals surface area (Å²) < 4.78 is 48.6. The van der Waals surface area contributed by atoms with Crippen LogP contribution in [0.4, 0.5) is 17.6 Å². The zero-order valence-corrected chi connectivity index (χ0v) is 6.47. The molecule has 1 heterocycles. The van der Waals surface area contributed by atoms with E-state index in [2.05, 4.69) is 4.98 Å². The Morgan fingerprint density at radius 3 is 2.36 bits per heavy atom. The van der Waals surface area contributed by atoms with Crippen LogP contribution in [-0.2, 0) is 6.18 Å². The molecule has 1 aromatic heterocycles. The van der Waals surface area contributed by atoms with Gasteiger partial charge in [-0.1, -0.05) is 0 Å². The van der Waals surface area contributed by atoms with Crippen molar-refractivity contribution in [3.63, 3.8) is 0 Å². The quantitative estimate of drug-likeness (QED) is 0.567. The third-order valence-electron chi connectivity index (χ3n) is 1.36. The van der Waals surface area contributed by atoms with E-state index in [9.17, 15) is 22.4 Å². The summed E-state index contributed by atoms with van der Waals surface area (Å²) in [5.41, 5.74) is -2.80. The van der Waals surface area contributed by atoms with Gasteiger partial charge in [-0.25, -0.2) is 9.78 Å². The number of alkyl halides is 3. The third kappa shape index (κ3) is 1.98.